The highest BCUT2D eigenvalue weighted by Gasteiger charge is 2.25. The Kier molecular flexibility index (Phi) is 4.92. The zero-order valence-electron chi connectivity index (χ0n) is 13.2. The number of nitrogens with one attached hydrogen (secondary N) is 1. The molecule has 1 amide bonds. The van der Waals surface area contributed by atoms with Crippen LogP contribution in [0, 0.1) is 5.92 Å². The molecule has 0 aliphatic carbocycles. The molecule has 0 radical (unpaired) electrons. The van der Waals surface area contributed by atoms with Crippen molar-refractivity contribution in [1.29, 1.82) is 0 Å². The predicted molar refractivity (Wildman–Crippen MR) is 85.1 cm³/mol. The molecule has 122 valence electrons. The highest BCUT2D eigenvalue weighted by atomic mass is 16.5. The molecule has 1 aliphatic heterocycles. The summed E-state index contributed by atoms with van der Waals surface area (Å²) in [7, 11) is 1.67. The highest BCUT2D eigenvalue weighted by molar-refractivity contribution is 5.79. The second-order valence-electron chi connectivity index (χ2n) is 5.61. The average Bonchev–Trinajstić information content (AvgIpc) is 3.04. The van der Waals surface area contributed by atoms with E-state index in [1.807, 2.05) is 28.8 Å². The minimum atomic E-state index is -0.153. The fourth-order valence-electron chi connectivity index (χ4n) is 2.70. The Bertz CT molecular complexity index is 669. The number of methoxy groups -OCH3 is 1. The Balaban J connectivity index is 1.55. The van der Waals surface area contributed by atoms with Crippen LogP contribution in [0.25, 0.3) is 0 Å². The minimum Gasteiger partial charge on any atom is -0.492 e. The Morgan fingerprint density at radius 2 is 2.35 bits per heavy atom. The molecule has 1 aromatic heterocycles. The van der Waals surface area contributed by atoms with Gasteiger partial charge in [0.05, 0.1) is 31.1 Å². The summed E-state index contributed by atoms with van der Waals surface area (Å²) < 4.78 is 12.7. The Morgan fingerprint density at radius 1 is 1.48 bits per heavy atom. The summed E-state index contributed by atoms with van der Waals surface area (Å²) in [5.74, 6) is 0.744. The molecule has 1 unspecified atom stereocenters. The molecule has 1 atom stereocenters. The van der Waals surface area contributed by atoms with Crippen LogP contribution in [0.2, 0.25) is 0 Å². The third-order valence-corrected chi connectivity index (χ3v) is 4.03. The summed E-state index contributed by atoms with van der Waals surface area (Å²) in [4.78, 5) is 16.5. The van der Waals surface area contributed by atoms with Gasteiger partial charge in [-0.2, -0.15) is 0 Å². The summed E-state index contributed by atoms with van der Waals surface area (Å²) in [6.07, 6.45) is 4.23. The van der Waals surface area contributed by atoms with Crippen molar-refractivity contribution in [3.63, 3.8) is 0 Å². The number of amides is 1. The van der Waals surface area contributed by atoms with E-state index in [0.29, 0.717) is 26.2 Å². The second-order valence-corrected chi connectivity index (χ2v) is 5.61. The number of ether oxygens (including phenoxy) is 2. The minimum absolute atomic E-state index is 0.0130. The first-order valence-electron chi connectivity index (χ1n) is 7.74. The number of hydrogen-bond donors (Lipinski definition) is 1. The summed E-state index contributed by atoms with van der Waals surface area (Å²) >= 11 is 0. The SMILES string of the molecule is COCCn1cncc1CNC(=O)C1COc2ccccc2C1. The standard InChI is InChI=1S/C17H21N3O3/c1-22-7-6-20-12-18-9-15(20)10-19-17(21)14-8-13-4-2-3-5-16(13)23-11-14/h2-5,9,12,14H,6-8,10-11H2,1H3,(H,19,21). The zero-order valence-corrected chi connectivity index (χ0v) is 13.2. The van der Waals surface area contributed by atoms with Gasteiger partial charge in [0.15, 0.2) is 0 Å². The lowest BCUT2D eigenvalue weighted by molar-refractivity contribution is -0.126. The third-order valence-electron chi connectivity index (χ3n) is 4.03. The smallest absolute Gasteiger partial charge is 0.227 e. The molecule has 6 nitrogen and oxygen atoms in total. The largest absolute Gasteiger partial charge is 0.492 e. The number of aromatic nitrogens is 2. The van der Waals surface area contributed by atoms with Gasteiger partial charge in [-0.05, 0) is 18.1 Å². The van der Waals surface area contributed by atoms with Gasteiger partial charge in [-0.3, -0.25) is 4.79 Å². The van der Waals surface area contributed by atoms with E-state index >= 15 is 0 Å². The van der Waals surface area contributed by atoms with Gasteiger partial charge in [0.2, 0.25) is 5.91 Å². The van der Waals surface area contributed by atoms with E-state index in [1.54, 1.807) is 19.6 Å². The molecule has 2 heterocycles. The Labute approximate surface area is 135 Å². The zero-order chi connectivity index (χ0) is 16.1. The normalized spacial score (nSPS) is 16.5. The van der Waals surface area contributed by atoms with Gasteiger partial charge in [-0.15, -0.1) is 0 Å². The maximum Gasteiger partial charge on any atom is 0.227 e. The fraction of sp³-hybridized carbons (Fsp3) is 0.412. The first-order valence-corrected chi connectivity index (χ1v) is 7.74. The molecule has 23 heavy (non-hydrogen) atoms. The molecular formula is C17H21N3O3. The molecule has 0 fully saturated rings. The molecule has 3 rings (SSSR count). The van der Waals surface area contributed by atoms with Gasteiger partial charge in [-0.25, -0.2) is 4.98 Å². The van der Waals surface area contributed by atoms with Crippen LogP contribution in [0.3, 0.4) is 0 Å². The molecule has 1 N–H and O–H groups in total. The molecule has 0 bridgehead atoms. The summed E-state index contributed by atoms with van der Waals surface area (Å²) in [5.41, 5.74) is 2.05. The highest BCUT2D eigenvalue weighted by Crippen LogP contribution is 2.26. The van der Waals surface area contributed by atoms with Crippen molar-refractivity contribution in [1.82, 2.24) is 14.9 Å². The number of para-hydroxylation sites is 1. The number of hydrogen-bond acceptors (Lipinski definition) is 4. The van der Waals surface area contributed by atoms with Gasteiger partial charge >= 0.3 is 0 Å². The van der Waals surface area contributed by atoms with Crippen molar-refractivity contribution in [2.45, 2.75) is 19.5 Å². The maximum absolute atomic E-state index is 12.4. The van der Waals surface area contributed by atoms with E-state index in [0.717, 1.165) is 23.6 Å². The summed E-state index contributed by atoms with van der Waals surface area (Å²) in [6.45, 7) is 2.22. The molecule has 6 heteroatoms. The summed E-state index contributed by atoms with van der Waals surface area (Å²) in [6, 6.07) is 7.86. The molecule has 1 aliphatic rings. The van der Waals surface area contributed by atoms with E-state index in [1.165, 1.54) is 0 Å². The van der Waals surface area contributed by atoms with Gasteiger partial charge in [-0.1, -0.05) is 18.2 Å². The topological polar surface area (TPSA) is 65.4 Å². The number of fused-ring (bicyclic) bond motifs is 1. The Morgan fingerprint density at radius 3 is 3.22 bits per heavy atom. The van der Waals surface area contributed by atoms with E-state index in [4.69, 9.17) is 9.47 Å². The van der Waals surface area contributed by atoms with Crippen molar-refractivity contribution < 1.29 is 14.3 Å². The van der Waals surface area contributed by atoms with E-state index in [9.17, 15) is 4.79 Å². The second kappa shape index (κ2) is 7.28. The van der Waals surface area contributed by atoms with Crippen LogP contribution >= 0.6 is 0 Å². The van der Waals surface area contributed by atoms with Crippen molar-refractivity contribution in [2.24, 2.45) is 5.92 Å². The van der Waals surface area contributed by atoms with Gasteiger partial charge in [0, 0.05) is 19.9 Å². The average molecular weight is 315 g/mol. The van der Waals surface area contributed by atoms with Crippen LogP contribution in [0.1, 0.15) is 11.3 Å². The van der Waals surface area contributed by atoms with Crippen molar-refractivity contribution >= 4 is 5.91 Å². The number of nitrogens with zero attached hydrogens (tertiary/aromatic N) is 2. The first-order chi connectivity index (χ1) is 11.3. The van der Waals surface area contributed by atoms with Crippen LogP contribution in [-0.4, -0.2) is 35.8 Å². The predicted octanol–water partition coefficient (Wildman–Crippen LogP) is 1.40. The first kappa shape index (κ1) is 15.6. The monoisotopic (exact) mass is 315 g/mol. The van der Waals surface area contributed by atoms with Crippen molar-refractivity contribution in [3.05, 3.63) is 48.0 Å². The van der Waals surface area contributed by atoms with E-state index in [2.05, 4.69) is 10.3 Å². The fourth-order valence-corrected chi connectivity index (χ4v) is 2.70. The lowest BCUT2D eigenvalue weighted by Gasteiger charge is -2.24. The van der Waals surface area contributed by atoms with Crippen LogP contribution in [0.15, 0.2) is 36.8 Å². The quantitative estimate of drug-likeness (QED) is 0.875. The maximum atomic E-state index is 12.4. The van der Waals surface area contributed by atoms with Gasteiger partial charge in [0.1, 0.15) is 12.4 Å². The number of rotatable bonds is 6. The Hall–Kier alpha value is -2.34. The molecule has 0 saturated carbocycles. The molecule has 0 spiro atoms. The summed E-state index contributed by atoms with van der Waals surface area (Å²) in [5, 5.41) is 2.98. The molecular weight excluding hydrogens is 294 g/mol. The van der Waals surface area contributed by atoms with E-state index < -0.39 is 0 Å². The van der Waals surface area contributed by atoms with Crippen LogP contribution in [0.4, 0.5) is 0 Å². The van der Waals surface area contributed by atoms with Crippen molar-refractivity contribution in [3.8, 4) is 5.75 Å². The van der Waals surface area contributed by atoms with Gasteiger partial charge in [0.25, 0.3) is 0 Å². The van der Waals surface area contributed by atoms with Gasteiger partial charge < -0.3 is 19.4 Å². The molecule has 1 aromatic carbocycles. The molecule has 0 saturated heterocycles. The molecule has 2 aromatic rings. The number of carbonyl (C=O) groups excluding carboxylic acids is 1. The number of benzene rings is 1. The lowest BCUT2D eigenvalue weighted by atomic mass is 9.96. The van der Waals surface area contributed by atoms with Crippen molar-refractivity contribution in [2.75, 3.05) is 20.3 Å². The van der Waals surface area contributed by atoms with Crippen LogP contribution in [-0.2, 0) is 29.0 Å². The van der Waals surface area contributed by atoms with Crippen LogP contribution in [0.5, 0.6) is 5.75 Å². The van der Waals surface area contributed by atoms with Crippen LogP contribution < -0.4 is 10.1 Å². The van der Waals surface area contributed by atoms with E-state index in [-0.39, 0.29) is 11.8 Å². The third kappa shape index (κ3) is 3.71. The number of imidazole rings is 1. The number of carbonyl (C=O) groups is 1. The lowest BCUT2D eigenvalue weighted by Crippen LogP contribution is -2.37.